The van der Waals surface area contributed by atoms with Crippen LogP contribution in [-0.2, 0) is 12.8 Å². The average molecular weight is 284 g/mol. The number of methoxy groups -OCH3 is 1. The topological polar surface area (TPSA) is 34.2 Å². The maximum Gasteiger partial charge on any atom is 0.118 e. The molecule has 1 aromatic carbocycles. The van der Waals surface area contributed by atoms with Crippen LogP contribution in [-0.4, -0.2) is 25.2 Å². The maximum atomic E-state index is 5.19. The van der Waals surface area contributed by atoms with Gasteiger partial charge in [-0.05, 0) is 68.1 Å². The highest BCUT2D eigenvalue weighted by atomic mass is 16.5. The zero-order valence-corrected chi connectivity index (χ0v) is 12.9. The average Bonchev–Trinajstić information content (AvgIpc) is 2.56. The summed E-state index contributed by atoms with van der Waals surface area (Å²) >= 11 is 0. The molecule has 0 aliphatic heterocycles. The van der Waals surface area contributed by atoms with Crippen molar-refractivity contribution >= 4 is 0 Å². The molecule has 1 atom stereocenters. The van der Waals surface area contributed by atoms with Gasteiger partial charge in [0.05, 0.1) is 7.11 Å². The number of pyridine rings is 1. The van der Waals surface area contributed by atoms with E-state index in [9.17, 15) is 0 Å². The smallest absolute Gasteiger partial charge is 0.118 e. The Labute approximate surface area is 127 Å². The standard InChI is InChI=1S/C18H24N2O/c1-19-17(8-4-16-11-13-20-14-12-16)7-3-15-5-9-18(21-2)10-6-15/h5-6,9-14,17,19H,3-4,7-8H2,1-2H3. The van der Waals surface area contributed by atoms with Gasteiger partial charge in [-0.15, -0.1) is 0 Å². The van der Waals surface area contributed by atoms with E-state index in [4.69, 9.17) is 4.74 Å². The van der Waals surface area contributed by atoms with Gasteiger partial charge in [-0.1, -0.05) is 12.1 Å². The molecule has 0 aliphatic carbocycles. The Balaban J connectivity index is 1.79. The molecule has 0 saturated carbocycles. The molecule has 1 heterocycles. The fourth-order valence-corrected chi connectivity index (χ4v) is 2.46. The SMILES string of the molecule is CNC(CCc1ccncc1)CCc1ccc(OC)cc1. The van der Waals surface area contributed by atoms with Crippen molar-refractivity contribution in [3.63, 3.8) is 0 Å². The third-order valence-electron chi connectivity index (χ3n) is 3.88. The van der Waals surface area contributed by atoms with E-state index in [2.05, 4.69) is 34.6 Å². The van der Waals surface area contributed by atoms with Gasteiger partial charge in [-0.2, -0.15) is 0 Å². The van der Waals surface area contributed by atoms with Crippen LogP contribution in [0.4, 0.5) is 0 Å². The van der Waals surface area contributed by atoms with E-state index in [1.165, 1.54) is 11.1 Å². The first-order valence-corrected chi connectivity index (χ1v) is 7.51. The molecule has 3 heteroatoms. The van der Waals surface area contributed by atoms with Crippen molar-refractivity contribution in [3.05, 3.63) is 59.9 Å². The molecule has 1 unspecified atom stereocenters. The predicted molar refractivity (Wildman–Crippen MR) is 86.7 cm³/mol. The van der Waals surface area contributed by atoms with Crippen LogP contribution in [0.2, 0.25) is 0 Å². The van der Waals surface area contributed by atoms with E-state index in [0.717, 1.165) is 31.4 Å². The fourth-order valence-electron chi connectivity index (χ4n) is 2.46. The molecule has 0 amide bonds. The van der Waals surface area contributed by atoms with Gasteiger partial charge in [0.1, 0.15) is 5.75 Å². The van der Waals surface area contributed by atoms with Crippen molar-refractivity contribution in [2.24, 2.45) is 0 Å². The molecule has 0 saturated heterocycles. The van der Waals surface area contributed by atoms with Gasteiger partial charge in [0.2, 0.25) is 0 Å². The highest BCUT2D eigenvalue weighted by Gasteiger charge is 2.07. The van der Waals surface area contributed by atoms with E-state index < -0.39 is 0 Å². The normalized spacial score (nSPS) is 12.1. The summed E-state index contributed by atoms with van der Waals surface area (Å²) in [6.45, 7) is 0. The van der Waals surface area contributed by atoms with Gasteiger partial charge in [0.15, 0.2) is 0 Å². The molecular weight excluding hydrogens is 260 g/mol. The highest BCUT2D eigenvalue weighted by molar-refractivity contribution is 5.27. The Hall–Kier alpha value is -1.87. The van der Waals surface area contributed by atoms with Crippen LogP contribution in [0.1, 0.15) is 24.0 Å². The summed E-state index contributed by atoms with van der Waals surface area (Å²) in [5, 5.41) is 3.42. The van der Waals surface area contributed by atoms with Crippen LogP contribution >= 0.6 is 0 Å². The van der Waals surface area contributed by atoms with Crippen LogP contribution < -0.4 is 10.1 Å². The molecular formula is C18H24N2O. The summed E-state index contributed by atoms with van der Waals surface area (Å²) in [5.74, 6) is 0.918. The Morgan fingerprint density at radius 1 is 0.952 bits per heavy atom. The number of ether oxygens (including phenoxy) is 1. The minimum atomic E-state index is 0.542. The molecule has 21 heavy (non-hydrogen) atoms. The highest BCUT2D eigenvalue weighted by Crippen LogP contribution is 2.14. The third kappa shape index (κ3) is 5.20. The van der Waals surface area contributed by atoms with Crippen LogP contribution in [0.5, 0.6) is 5.75 Å². The number of nitrogens with one attached hydrogen (secondary N) is 1. The Morgan fingerprint density at radius 2 is 1.52 bits per heavy atom. The van der Waals surface area contributed by atoms with Crippen molar-refractivity contribution in [3.8, 4) is 5.75 Å². The van der Waals surface area contributed by atoms with Gasteiger partial charge < -0.3 is 10.1 Å². The Morgan fingerprint density at radius 3 is 2.05 bits per heavy atom. The first-order chi connectivity index (χ1) is 10.3. The second-order valence-electron chi connectivity index (χ2n) is 5.27. The Kier molecular flexibility index (Phi) is 6.22. The van der Waals surface area contributed by atoms with Crippen molar-refractivity contribution in [2.75, 3.05) is 14.2 Å². The summed E-state index contributed by atoms with van der Waals surface area (Å²) in [7, 11) is 3.75. The zero-order chi connectivity index (χ0) is 14.9. The molecule has 3 nitrogen and oxygen atoms in total. The van der Waals surface area contributed by atoms with Crippen molar-refractivity contribution in [2.45, 2.75) is 31.7 Å². The molecule has 2 aromatic rings. The minimum Gasteiger partial charge on any atom is -0.497 e. The summed E-state index contributed by atoms with van der Waals surface area (Å²) in [4.78, 5) is 4.06. The molecule has 2 rings (SSSR count). The van der Waals surface area contributed by atoms with Gasteiger partial charge in [-0.3, -0.25) is 4.98 Å². The second kappa shape index (κ2) is 8.42. The van der Waals surface area contributed by atoms with E-state index in [0.29, 0.717) is 6.04 Å². The van der Waals surface area contributed by atoms with E-state index in [1.54, 1.807) is 7.11 Å². The molecule has 0 bridgehead atoms. The second-order valence-corrected chi connectivity index (χ2v) is 5.27. The maximum absolute atomic E-state index is 5.19. The molecule has 0 radical (unpaired) electrons. The predicted octanol–water partition coefficient (Wildman–Crippen LogP) is 3.24. The largest absolute Gasteiger partial charge is 0.497 e. The number of hydrogen-bond donors (Lipinski definition) is 1. The van der Waals surface area contributed by atoms with Crippen LogP contribution in [0.15, 0.2) is 48.8 Å². The number of aryl methyl sites for hydroxylation is 2. The van der Waals surface area contributed by atoms with Crippen LogP contribution in [0, 0.1) is 0 Å². The van der Waals surface area contributed by atoms with Crippen LogP contribution in [0.3, 0.4) is 0 Å². The summed E-state index contributed by atoms with van der Waals surface area (Å²) < 4.78 is 5.19. The lowest BCUT2D eigenvalue weighted by molar-refractivity contribution is 0.414. The van der Waals surface area contributed by atoms with Gasteiger partial charge in [-0.25, -0.2) is 0 Å². The monoisotopic (exact) mass is 284 g/mol. The summed E-state index contributed by atoms with van der Waals surface area (Å²) in [6.07, 6.45) is 8.20. The van der Waals surface area contributed by atoms with Gasteiger partial charge in [0, 0.05) is 18.4 Å². The third-order valence-corrected chi connectivity index (χ3v) is 3.88. The molecule has 112 valence electrons. The quantitative estimate of drug-likeness (QED) is 0.808. The first kappa shape index (κ1) is 15.5. The number of nitrogens with zero attached hydrogens (tertiary/aromatic N) is 1. The molecule has 0 fully saturated rings. The summed E-state index contributed by atoms with van der Waals surface area (Å²) in [6, 6.07) is 13.1. The number of benzene rings is 1. The van der Waals surface area contributed by atoms with Gasteiger partial charge >= 0.3 is 0 Å². The van der Waals surface area contributed by atoms with Crippen molar-refractivity contribution in [1.82, 2.24) is 10.3 Å². The number of aromatic nitrogens is 1. The lowest BCUT2D eigenvalue weighted by Crippen LogP contribution is -2.26. The molecule has 0 spiro atoms. The molecule has 1 N–H and O–H groups in total. The molecule has 0 aliphatic rings. The fraction of sp³-hybridized carbons (Fsp3) is 0.389. The molecule has 1 aromatic heterocycles. The lowest BCUT2D eigenvalue weighted by atomic mass is 9.99. The number of hydrogen-bond acceptors (Lipinski definition) is 3. The van der Waals surface area contributed by atoms with E-state index >= 15 is 0 Å². The van der Waals surface area contributed by atoms with Crippen LogP contribution in [0.25, 0.3) is 0 Å². The summed E-state index contributed by atoms with van der Waals surface area (Å²) in [5.41, 5.74) is 2.72. The van der Waals surface area contributed by atoms with E-state index in [1.807, 2.05) is 31.6 Å². The zero-order valence-electron chi connectivity index (χ0n) is 12.9. The van der Waals surface area contributed by atoms with Crippen molar-refractivity contribution in [1.29, 1.82) is 0 Å². The Bertz CT molecular complexity index is 511. The lowest BCUT2D eigenvalue weighted by Gasteiger charge is -2.16. The first-order valence-electron chi connectivity index (χ1n) is 7.51. The minimum absolute atomic E-state index is 0.542. The van der Waals surface area contributed by atoms with E-state index in [-0.39, 0.29) is 0 Å². The number of rotatable bonds is 8. The van der Waals surface area contributed by atoms with Gasteiger partial charge in [0.25, 0.3) is 0 Å². The van der Waals surface area contributed by atoms with Crippen molar-refractivity contribution < 1.29 is 4.74 Å².